The SMILES string of the molecule is C/C=C\C=C/c1ccc2c3cc4c(cc3n(C3C=CC=CC3)c2c1)N(c1cccc2cc(-c3nc(-c5ccccc5)nc(-c5ccccc5)n3)ccc12)C1C=CC=CC41. The molecule has 0 N–H and O–H groups in total. The van der Waals surface area contributed by atoms with E-state index in [9.17, 15) is 0 Å². The Kier molecular flexibility index (Phi) is 8.58. The van der Waals surface area contributed by atoms with Crippen LogP contribution in [0.5, 0.6) is 0 Å². The zero-order valence-electron chi connectivity index (χ0n) is 32.7. The van der Waals surface area contributed by atoms with Crippen molar-refractivity contribution in [3.63, 3.8) is 0 Å². The van der Waals surface area contributed by atoms with Crippen LogP contribution in [-0.2, 0) is 0 Å². The second-order valence-electron chi connectivity index (χ2n) is 15.5. The van der Waals surface area contributed by atoms with Gasteiger partial charge in [0, 0.05) is 50.1 Å². The van der Waals surface area contributed by atoms with Gasteiger partial charge in [-0.15, -0.1) is 0 Å². The molecule has 0 saturated carbocycles. The number of fused-ring (bicyclic) bond motifs is 7. The molecule has 11 rings (SSSR count). The van der Waals surface area contributed by atoms with Gasteiger partial charge in [0.05, 0.1) is 23.1 Å². The molecular formula is C54H41N5. The summed E-state index contributed by atoms with van der Waals surface area (Å²) in [6.07, 6.45) is 27.6. The molecule has 0 radical (unpaired) electrons. The fourth-order valence-corrected chi connectivity index (χ4v) is 9.22. The van der Waals surface area contributed by atoms with Gasteiger partial charge < -0.3 is 9.47 Å². The molecule has 0 amide bonds. The minimum absolute atomic E-state index is 0.151. The Morgan fingerprint density at radius 3 is 2.02 bits per heavy atom. The van der Waals surface area contributed by atoms with Crippen LogP contribution in [0.15, 0.2) is 194 Å². The molecule has 0 spiro atoms. The summed E-state index contributed by atoms with van der Waals surface area (Å²) in [5.41, 5.74) is 10.4. The first-order valence-electron chi connectivity index (χ1n) is 20.5. The lowest BCUT2D eigenvalue weighted by Crippen LogP contribution is -2.28. The van der Waals surface area contributed by atoms with E-state index in [1.165, 1.54) is 49.7 Å². The van der Waals surface area contributed by atoms with Crippen molar-refractivity contribution in [2.75, 3.05) is 4.90 Å². The zero-order chi connectivity index (χ0) is 39.3. The Bertz CT molecular complexity index is 3050. The second-order valence-corrected chi connectivity index (χ2v) is 15.5. The average molecular weight is 760 g/mol. The summed E-state index contributed by atoms with van der Waals surface area (Å²) in [4.78, 5) is 17.6. The quantitative estimate of drug-likeness (QED) is 0.152. The van der Waals surface area contributed by atoms with Gasteiger partial charge in [-0.25, -0.2) is 15.0 Å². The standard InChI is InChI=1S/C54H41N5/c1-2-3-7-17-36-28-30-44-46-34-45-43-25-14-15-26-48(43)59(51(45)35-50(46)58(49(44)32-36)41-23-12-6-13-24-41)47-27-16-22-39-33-40(29-31-42(39)47)54-56-52(37-18-8-4-9-19-37)55-53(57-54)38-20-10-5-11-21-38/h2-23,25-35,41,43,48H,24H2,1H3/b3-2-,17-7-. The summed E-state index contributed by atoms with van der Waals surface area (Å²) in [6.45, 7) is 2.05. The summed E-state index contributed by atoms with van der Waals surface area (Å²) in [6, 6.07) is 45.9. The fourth-order valence-electron chi connectivity index (χ4n) is 9.22. The first-order valence-corrected chi connectivity index (χ1v) is 20.5. The van der Waals surface area contributed by atoms with E-state index >= 15 is 0 Å². The van der Waals surface area contributed by atoms with Crippen LogP contribution >= 0.6 is 0 Å². The third-order valence-electron chi connectivity index (χ3n) is 12.0. The number of hydrogen-bond donors (Lipinski definition) is 0. The molecule has 0 fully saturated rings. The average Bonchev–Trinajstić information content (AvgIpc) is 3.80. The second kappa shape index (κ2) is 14.5. The predicted octanol–water partition coefficient (Wildman–Crippen LogP) is 13.5. The lowest BCUT2D eigenvalue weighted by atomic mass is 9.90. The molecule has 3 aliphatic rings. The van der Waals surface area contributed by atoms with E-state index in [-0.39, 0.29) is 18.0 Å². The van der Waals surface area contributed by atoms with Crippen molar-refractivity contribution in [1.82, 2.24) is 19.5 Å². The van der Waals surface area contributed by atoms with Crippen LogP contribution in [0.1, 0.15) is 36.4 Å². The van der Waals surface area contributed by atoms with E-state index in [1.807, 2.05) is 60.7 Å². The third kappa shape index (κ3) is 6.05. The number of allylic oxidation sites excluding steroid dienone is 9. The molecule has 1 aliphatic heterocycles. The van der Waals surface area contributed by atoms with Crippen LogP contribution in [-0.4, -0.2) is 25.6 Å². The monoisotopic (exact) mass is 759 g/mol. The van der Waals surface area contributed by atoms with Crippen molar-refractivity contribution in [3.05, 3.63) is 205 Å². The van der Waals surface area contributed by atoms with E-state index < -0.39 is 0 Å². The minimum Gasteiger partial charge on any atom is -0.333 e. The molecule has 0 bridgehead atoms. The molecule has 2 aromatic heterocycles. The number of rotatable bonds is 7. The van der Waals surface area contributed by atoms with E-state index in [2.05, 4.69) is 156 Å². The maximum atomic E-state index is 5.04. The van der Waals surface area contributed by atoms with Crippen molar-refractivity contribution in [2.45, 2.75) is 31.3 Å². The molecule has 6 aromatic carbocycles. The molecule has 8 aromatic rings. The Balaban J connectivity index is 1.07. The molecule has 5 nitrogen and oxygen atoms in total. The highest BCUT2D eigenvalue weighted by molar-refractivity contribution is 6.11. The number of benzene rings is 6. The normalized spacial score (nSPS) is 18.3. The molecule has 0 saturated heterocycles. The predicted molar refractivity (Wildman–Crippen MR) is 246 cm³/mol. The van der Waals surface area contributed by atoms with Gasteiger partial charge in [0.1, 0.15) is 0 Å². The molecule has 5 heteroatoms. The molecular weight excluding hydrogens is 719 g/mol. The van der Waals surface area contributed by atoms with Crippen LogP contribution < -0.4 is 4.90 Å². The number of anilines is 2. The minimum atomic E-state index is 0.151. The number of hydrogen-bond acceptors (Lipinski definition) is 4. The lowest BCUT2D eigenvalue weighted by molar-refractivity contribution is 0.648. The summed E-state index contributed by atoms with van der Waals surface area (Å²) >= 11 is 0. The van der Waals surface area contributed by atoms with Crippen LogP contribution in [0.2, 0.25) is 0 Å². The van der Waals surface area contributed by atoms with Crippen LogP contribution in [0, 0.1) is 0 Å². The van der Waals surface area contributed by atoms with Gasteiger partial charge in [-0.2, -0.15) is 0 Å². The largest absolute Gasteiger partial charge is 0.333 e. The number of nitrogens with zero attached hydrogens (tertiary/aromatic N) is 5. The van der Waals surface area contributed by atoms with Crippen molar-refractivity contribution < 1.29 is 0 Å². The van der Waals surface area contributed by atoms with Gasteiger partial charge in [0.15, 0.2) is 17.5 Å². The smallest absolute Gasteiger partial charge is 0.164 e. The van der Waals surface area contributed by atoms with Crippen LogP contribution in [0.4, 0.5) is 11.4 Å². The van der Waals surface area contributed by atoms with E-state index in [0.29, 0.717) is 17.5 Å². The third-order valence-corrected chi connectivity index (χ3v) is 12.0. The van der Waals surface area contributed by atoms with E-state index in [4.69, 9.17) is 15.0 Å². The van der Waals surface area contributed by atoms with Crippen molar-refractivity contribution in [3.8, 4) is 34.2 Å². The Morgan fingerprint density at radius 2 is 1.27 bits per heavy atom. The van der Waals surface area contributed by atoms with Gasteiger partial charge in [0.25, 0.3) is 0 Å². The Hall–Kier alpha value is -7.37. The Morgan fingerprint density at radius 1 is 0.559 bits per heavy atom. The van der Waals surface area contributed by atoms with E-state index in [1.54, 1.807) is 0 Å². The first kappa shape index (κ1) is 34.8. The molecule has 3 unspecified atom stereocenters. The molecule has 59 heavy (non-hydrogen) atoms. The highest BCUT2D eigenvalue weighted by Crippen LogP contribution is 2.52. The summed E-state index contributed by atoms with van der Waals surface area (Å²) in [5.74, 6) is 2.19. The number of aromatic nitrogens is 4. The van der Waals surface area contributed by atoms with Crippen LogP contribution in [0.25, 0.3) is 72.8 Å². The highest BCUT2D eigenvalue weighted by atomic mass is 15.2. The zero-order valence-corrected chi connectivity index (χ0v) is 32.7. The first-order chi connectivity index (χ1) is 29.2. The van der Waals surface area contributed by atoms with E-state index in [0.717, 1.165) is 28.5 Å². The van der Waals surface area contributed by atoms with Gasteiger partial charge >= 0.3 is 0 Å². The summed E-state index contributed by atoms with van der Waals surface area (Å²) < 4.78 is 2.57. The molecule has 2 aliphatic carbocycles. The maximum Gasteiger partial charge on any atom is 0.164 e. The van der Waals surface area contributed by atoms with Crippen LogP contribution in [0.3, 0.4) is 0 Å². The van der Waals surface area contributed by atoms with Gasteiger partial charge in [-0.3, -0.25) is 0 Å². The molecule has 3 heterocycles. The Labute approximate surface area is 344 Å². The summed E-state index contributed by atoms with van der Waals surface area (Å²) in [5, 5.41) is 4.92. The fraction of sp³-hybridized carbons (Fsp3) is 0.0926. The molecule has 282 valence electrons. The van der Waals surface area contributed by atoms with Gasteiger partial charge in [0.2, 0.25) is 0 Å². The van der Waals surface area contributed by atoms with Crippen molar-refractivity contribution in [2.24, 2.45) is 0 Å². The van der Waals surface area contributed by atoms with Gasteiger partial charge in [-0.05, 0) is 60.2 Å². The van der Waals surface area contributed by atoms with Crippen molar-refractivity contribution in [1.29, 1.82) is 0 Å². The summed E-state index contributed by atoms with van der Waals surface area (Å²) in [7, 11) is 0. The van der Waals surface area contributed by atoms with Gasteiger partial charge in [-0.1, -0.05) is 170 Å². The maximum absolute atomic E-state index is 5.04. The van der Waals surface area contributed by atoms with Crippen molar-refractivity contribution >= 4 is 50.0 Å². The molecule has 3 atom stereocenters. The lowest BCUT2D eigenvalue weighted by Gasteiger charge is -2.30. The topological polar surface area (TPSA) is 46.8 Å². The highest BCUT2D eigenvalue weighted by Gasteiger charge is 2.39.